The maximum absolute atomic E-state index is 12.3. The van der Waals surface area contributed by atoms with Crippen LogP contribution in [-0.2, 0) is 17.8 Å². The molecule has 1 aliphatic heterocycles. The molecule has 0 amide bonds. The summed E-state index contributed by atoms with van der Waals surface area (Å²) in [5, 5.41) is 0.769. The first-order valence-corrected chi connectivity index (χ1v) is 13.0. The first kappa shape index (κ1) is 24.7. The fourth-order valence-electron chi connectivity index (χ4n) is 4.98. The largest absolute Gasteiger partial charge is 0.487 e. The number of fused-ring (bicyclic) bond motifs is 2. The summed E-state index contributed by atoms with van der Waals surface area (Å²) in [6.07, 6.45) is 12.8. The second-order valence-electron chi connectivity index (χ2n) is 9.50. The van der Waals surface area contributed by atoms with E-state index in [-0.39, 0.29) is 5.97 Å². The summed E-state index contributed by atoms with van der Waals surface area (Å²) in [6.45, 7) is 4.61. The van der Waals surface area contributed by atoms with E-state index in [1.54, 1.807) is 6.07 Å². The SMILES string of the molecule is CCC/C=C/[C@@H]1CC[C@H]1CN1CCCCc2cc(Cl)ccc2COc2ccc(C(=O)OC)cc21. The standard InChI is InChI=1S/C29H36ClNO3/c1-3-4-5-8-21-10-11-24(21)19-31-16-7-6-9-22-17-26(30)14-12-25(22)20-34-28-15-13-23(18-27(28)31)29(32)33-2/h5,8,12-15,17-18,21,24H,3-4,6-7,9-11,16,19-20H2,1-2H3/b8-5+/t21-,24+/m1/s1. The molecule has 2 atom stereocenters. The van der Waals surface area contributed by atoms with E-state index in [0.717, 1.165) is 55.2 Å². The second kappa shape index (κ2) is 11.8. The average Bonchev–Trinajstić information content (AvgIpc) is 2.87. The van der Waals surface area contributed by atoms with E-state index in [0.29, 0.717) is 24.0 Å². The number of benzene rings is 2. The molecule has 1 heterocycles. The van der Waals surface area contributed by atoms with Crippen molar-refractivity contribution in [3.8, 4) is 5.75 Å². The number of aryl methyl sites for hydroxylation is 1. The van der Waals surface area contributed by atoms with Crippen molar-refractivity contribution in [3.05, 3.63) is 70.3 Å². The number of methoxy groups -OCH3 is 1. The fourth-order valence-corrected chi connectivity index (χ4v) is 5.17. The second-order valence-corrected chi connectivity index (χ2v) is 9.93. The van der Waals surface area contributed by atoms with Gasteiger partial charge in [0.1, 0.15) is 12.4 Å². The van der Waals surface area contributed by atoms with Crippen molar-refractivity contribution in [1.82, 2.24) is 0 Å². The Morgan fingerprint density at radius 2 is 2.06 bits per heavy atom. The summed E-state index contributed by atoms with van der Waals surface area (Å²) in [6, 6.07) is 11.7. The van der Waals surface area contributed by atoms with Gasteiger partial charge >= 0.3 is 5.97 Å². The molecule has 1 saturated carbocycles. The zero-order valence-corrected chi connectivity index (χ0v) is 21.2. The molecule has 182 valence electrons. The minimum atomic E-state index is -0.318. The Labute approximate surface area is 208 Å². The van der Waals surface area contributed by atoms with Crippen LogP contribution >= 0.6 is 11.6 Å². The van der Waals surface area contributed by atoms with Crippen LogP contribution in [0.5, 0.6) is 5.75 Å². The molecule has 2 aromatic rings. The first-order valence-electron chi connectivity index (χ1n) is 12.6. The molecule has 0 N–H and O–H groups in total. The number of hydrogen-bond acceptors (Lipinski definition) is 4. The summed E-state index contributed by atoms with van der Waals surface area (Å²) in [4.78, 5) is 14.8. The maximum Gasteiger partial charge on any atom is 0.337 e. The number of unbranched alkanes of at least 4 members (excludes halogenated alkanes) is 1. The van der Waals surface area contributed by atoms with Crippen LogP contribution in [0, 0.1) is 11.8 Å². The fraction of sp³-hybridized carbons (Fsp3) is 0.483. The molecule has 1 fully saturated rings. The molecule has 0 saturated heterocycles. The van der Waals surface area contributed by atoms with Gasteiger partial charge < -0.3 is 14.4 Å². The highest BCUT2D eigenvalue weighted by molar-refractivity contribution is 6.30. The van der Waals surface area contributed by atoms with Gasteiger partial charge in [-0.1, -0.05) is 43.2 Å². The Bertz CT molecular complexity index is 1020. The molecule has 34 heavy (non-hydrogen) atoms. The number of halogens is 1. The van der Waals surface area contributed by atoms with E-state index in [1.165, 1.54) is 37.5 Å². The zero-order valence-electron chi connectivity index (χ0n) is 20.4. The predicted molar refractivity (Wildman–Crippen MR) is 139 cm³/mol. The van der Waals surface area contributed by atoms with Gasteiger partial charge in [0.2, 0.25) is 0 Å². The molecule has 1 aliphatic carbocycles. The van der Waals surface area contributed by atoms with Gasteiger partial charge in [0, 0.05) is 18.1 Å². The number of anilines is 1. The number of carbonyl (C=O) groups is 1. The lowest BCUT2D eigenvalue weighted by molar-refractivity contribution is 0.0600. The molecule has 0 spiro atoms. The number of esters is 1. The average molecular weight is 482 g/mol. The Morgan fingerprint density at radius 1 is 1.18 bits per heavy atom. The molecular formula is C29H36ClNO3. The predicted octanol–water partition coefficient (Wildman–Crippen LogP) is 7.23. The number of carbonyl (C=O) groups excluding carboxylic acids is 1. The van der Waals surface area contributed by atoms with Gasteiger partial charge in [-0.2, -0.15) is 0 Å². The van der Waals surface area contributed by atoms with Crippen molar-refractivity contribution in [2.75, 3.05) is 25.1 Å². The summed E-state index contributed by atoms with van der Waals surface area (Å²) in [5.74, 6) is 1.77. The van der Waals surface area contributed by atoms with Crippen molar-refractivity contribution in [2.45, 2.75) is 58.5 Å². The lowest BCUT2D eigenvalue weighted by Gasteiger charge is -2.40. The Balaban J connectivity index is 1.62. The highest BCUT2D eigenvalue weighted by Gasteiger charge is 2.31. The molecule has 5 heteroatoms. The smallest absolute Gasteiger partial charge is 0.337 e. The van der Waals surface area contributed by atoms with Crippen LogP contribution in [0.3, 0.4) is 0 Å². The third-order valence-electron chi connectivity index (χ3n) is 7.17. The van der Waals surface area contributed by atoms with Crippen molar-refractivity contribution in [1.29, 1.82) is 0 Å². The van der Waals surface area contributed by atoms with Gasteiger partial charge in [0.15, 0.2) is 0 Å². The summed E-state index contributed by atoms with van der Waals surface area (Å²) in [5.41, 5.74) is 3.98. The molecule has 0 unspecified atom stereocenters. The first-order chi connectivity index (χ1) is 16.6. The lowest BCUT2D eigenvalue weighted by Crippen LogP contribution is -2.38. The number of allylic oxidation sites excluding steroid dienone is 2. The lowest BCUT2D eigenvalue weighted by atomic mass is 9.73. The number of nitrogens with zero attached hydrogens (tertiary/aromatic N) is 1. The third kappa shape index (κ3) is 5.96. The zero-order chi connectivity index (χ0) is 23.9. The van der Waals surface area contributed by atoms with Gasteiger partial charge in [0.25, 0.3) is 0 Å². The van der Waals surface area contributed by atoms with Crippen molar-refractivity contribution < 1.29 is 14.3 Å². The molecule has 0 aromatic heterocycles. The normalized spacial score (nSPS) is 20.5. The maximum atomic E-state index is 12.3. The number of ether oxygens (including phenoxy) is 2. The molecule has 2 aliphatic rings. The third-order valence-corrected chi connectivity index (χ3v) is 7.40. The van der Waals surface area contributed by atoms with E-state index in [1.807, 2.05) is 18.2 Å². The molecule has 2 aromatic carbocycles. The van der Waals surface area contributed by atoms with Gasteiger partial charge in [-0.3, -0.25) is 0 Å². The van der Waals surface area contributed by atoms with Crippen LogP contribution in [0.15, 0.2) is 48.6 Å². The Morgan fingerprint density at radius 3 is 2.82 bits per heavy atom. The highest BCUT2D eigenvalue weighted by atomic mass is 35.5. The van der Waals surface area contributed by atoms with Crippen LogP contribution in [-0.4, -0.2) is 26.2 Å². The molecule has 4 nitrogen and oxygen atoms in total. The number of hydrogen-bond donors (Lipinski definition) is 0. The van der Waals surface area contributed by atoms with E-state index < -0.39 is 0 Å². The Hall–Kier alpha value is -2.46. The van der Waals surface area contributed by atoms with Crippen LogP contribution in [0.4, 0.5) is 5.69 Å². The summed E-state index contributed by atoms with van der Waals surface area (Å²) >= 11 is 6.28. The van der Waals surface area contributed by atoms with Gasteiger partial charge in [-0.25, -0.2) is 4.79 Å². The van der Waals surface area contributed by atoms with E-state index >= 15 is 0 Å². The summed E-state index contributed by atoms with van der Waals surface area (Å²) < 4.78 is 11.4. The van der Waals surface area contributed by atoms with Crippen molar-refractivity contribution in [2.24, 2.45) is 11.8 Å². The van der Waals surface area contributed by atoms with Gasteiger partial charge in [-0.05, 0) is 91.8 Å². The molecule has 0 radical (unpaired) electrons. The van der Waals surface area contributed by atoms with Crippen LogP contribution in [0.25, 0.3) is 0 Å². The molecule has 0 bridgehead atoms. The van der Waals surface area contributed by atoms with E-state index in [4.69, 9.17) is 21.1 Å². The van der Waals surface area contributed by atoms with Crippen LogP contribution < -0.4 is 9.64 Å². The highest BCUT2D eigenvalue weighted by Crippen LogP contribution is 2.39. The molecular weight excluding hydrogens is 446 g/mol. The van der Waals surface area contributed by atoms with Gasteiger partial charge in [0.05, 0.1) is 18.4 Å². The van der Waals surface area contributed by atoms with Crippen molar-refractivity contribution >= 4 is 23.3 Å². The minimum Gasteiger partial charge on any atom is -0.487 e. The molecule has 4 rings (SSSR count). The van der Waals surface area contributed by atoms with E-state index in [9.17, 15) is 4.79 Å². The topological polar surface area (TPSA) is 38.8 Å². The summed E-state index contributed by atoms with van der Waals surface area (Å²) in [7, 11) is 1.43. The van der Waals surface area contributed by atoms with Crippen LogP contribution in [0.1, 0.15) is 66.9 Å². The van der Waals surface area contributed by atoms with Crippen LogP contribution in [0.2, 0.25) is 5.02 Å². The quantitative estimate of drug-likeness (QED) is 0.322. The van der Waals surface area contributed by atoms with E-state index in [2.05, 4.69) is 36.1 Å². The van der Waals surface area contributed by atoms with Gasteiger partial charge in [-0.15, -0.1) is 0 Å². The van der Waals surface area contributed by atoms with Crippen molar-refractivity contribution in [3.63, 3.8) is 0 Å². The Kier molecular flexibility index (Phi) is 8.55. The minimum absolute atomic E-state index is 0.318. The number of rotatable bonds is 6. The monoisotopic (exact) mass is 481 g/mol.